The first-order valence-electron chi connectivity index (χ1n) is 9.11. The van der Waals surface area contributed by atoms with E-state index in [1.165, 1.54) is 16.8 Å². The number of aromatic nitrogens is 7. The second-order valence-corrected chi connectivity index (χ2v) is 6.38. The molecule has 10 heteroatoms. The Labute approximate surface area is 176 Å². The number of hydrogen-bond acceptors (Lipinski definition) is 7. The van der Waals surface area contributed by atoms with Gasteiger partial charge in [-0.15, -0.1) is 21.7 Å². The van der Waals surface area contributed by atoms with E-state index in [-0.39, 0.29) is 18.1 Å². The zero-order chi connectivity index (χ0) is 21.8. The Hall–Kier alpha value is -4.26. The van der Waals surface area contributed by atoms with Crippen LogP contribution < -0.4 is 4.74 Å². The Morgan fingerprint density at radius 2 is 1.94 bits per heavy atom. The molecule has 0 saturated heterocycles. The van der Waals surface area contributed by atoms with E-state index in [1.807, 2.05) is 0 Å². The van der Waals surface area contributed by atoms with Crippen molar-refractivity contribution in [3.8, 4) is 35.4 Å². The third-order valence-electron chi connectivity index (χ3n) is 4.35. The van der Waals surface area contributed by atoms with Crippen LogP contribution in [0.15, 0.2) is 48.7 Å². The summed E-state index contributed by atoms with van der Waals surface area (Å²) in [5.74, 6) is 3.11. The molecule has 4 heterocycles. The van der Waals surface area contributed by atoms with Crippen molar-refractivity contribution in [3.05, 3.63) is 71.3 Å². The van der Waals surface area contributed by atoms with Crippen molar-refractivity contribution >= 4 is 0 Å². The minimum atomic E-state index is -2.59. The number of nitrogens with zero attached hydrogens (tertiary/aromatic N) is 7. The van der Waals surface area contributed by atoms with Gasteiger partial charge in [-0.3, -0.25) is 0 Å². The van der Waals surface area contributed by atoms with Crippen LogP contribution in [0.3, 0.4) is 0 Å². The van der Waals surface area contributed by atoms with Gasteiger partial charge in [-0.05, 0) is 37.3 Å². The maximum atomic E-state index is 12.7. The summed E-state index contributed by atoms with van der Waals surface area (Å²) in [4.78, 5) is 8.33. The van der Waals surface area contributed by atoms with E-state index in [4.69, 9.17) is 11.2 Å². The lowest BCUT2D eigenvalue weighted by molar-refractivity contribution is 0.151. The van der Waals surface area contributed by atoms with E-state index in [9.17, 15) is 8.78 Å². The van der Waals surface area contributed by atoms with Crippen molar-refractivity contribution in [2.24, 2.45) is 0 Å². The van der Waals surface area contributed by atoms with E-state index in [0.29, 0.717) is 34.3 Å². The van der Waals surface area contributed by atoms with Gasteiger partial charge in [0.15, 0.2) is 5.82 Å². The highest BCUT2D eigenvalue weighted by atomic mass is 19.3. The smallest absolute Gasteiger partial charge is 0.265 e. The van der Waals surface area contributed by atoms with Crippen LogP contribution in [0.25, 0.3) is 17.2 Å². The Morgan fingerprint density at radius 3 is 2.61 bits per heavy atom. The predicted molar refractivity (Wildman–Crippen MR) is 106 cm³/mol. The average Bonchev–Trinajstić information content (AvgIpc) is 3.18. The molecule has 0 aliphatic heterocycles. The lowest BCUT2D eigenvalue weighted by Gasteiger charge is -2.09. The highest BCUT2D eigenvalue weighted by molar-refractivity contribution is 5.54. The van der Waals surface area contributed by atoms with Crippen LogP contribution in [0.5, 0.6) is 5.88 Å². The summed E-state index contributed by atoms with van der Waals surface area (Å²) < 4.78 is 32.6. The summed E-state index contributed by atoms with van der Waals surface area (Å²) in [6.07, 6.45) is 3.89. The summed E-state index contributed by atoms with van der Waals surface area (Å²) in [7, 11) is 0. The van der Waals surface area contributed by atoms with Crippen LogP contribution in [0.4, 0.5) is 8.78 Å². The van der Waals surface area contributed by atoms with Gasteiger partial charge in [-0.1, -0.05) is 17.2 Å². The van der Waals surface area contributed by atoms with Gasteiger partial charge in [0.1, 0.15) is 23.7 Å². The van der Waals surface area contributed by atoms with E-state index in [0.717, 1.165) is 6.20 Å². The van der Waals surface area contributed by atoms with Crippen molar-refractivity contribution in [2.75, 3.05) is 0 Å². The zero-order valence-electron chi connectivity index (χ0n) is 16.3. The van der Waals surface area contributed by atoms with Crippen molar-refractivity contribution in [1.29, 1.82) is 0 Å². The molecule has 4 rings (SSSR count). The average molecular weight is 419 g/mol. The molecule has 0 aliphatic carbocycles. The van der Waals surface area contributed by atoms with Crippen LogP contribution in [-0.2, 0) is 6.61 Å². The minimum absolute atomic E-state index is 0.0793. The fourth-order valence-electron chi connectivity index (χ4n) is 2.71. The van der Waals surface area contributed by atoms with Gasteiger partial charge in [-0.2, -0.15) is 4.68 Å². The number of alkyl halides is 2. The molecule has 0 unspecified atom stereocenters. The molecule has 0 bridgehead atoms. The van der Waals surface area contributed by atoms with Gasteiger partial charge in [0.25, 0.3) is 6.43 Å². The van der Waals surface area contributed by atoms with E-state index in [1.54, 1.807) is 37.3 Å². The minimum Gasteiger partial charge on any atom is -0.470 e. The van der Waals surface area contributed by atoms with E-state index >= 15 is 0 Å². The maximum Gasteiger partial charge on any atom is 0.265 e. The third kappa shape index (κ3) is 4.35. The Bertz CT molecular complexity index is 1230. The fraction of sp³-hybridized carbons (Fsp3) is 0.143. The molecule has 31 heavy (non-hydrogen) atoms. The molecule has 0 N–H and O–H groups in total. The van der Waals surface area contributed by atoms with Crippen LogP contribution in [0.1, 0.15) is 29.1 Å². The third-order valence-corrected chi connectivity index (χ3v) is 4.35. The van der Waals surface area contributed by atoms with Crippen LogP contribution in [0, 0.1) is 19.3 Å². The molecule has 0 radical (unpaired) electrons. The second-order valence-electron chi connectivity index (χ2n) is 6.38. The van der Waals surface area contributed by atoms with Gasteiger partial charge in [0.2, 0.25) is 5.88 Å². The van der Waals surface area contributed by atoms with E-state index < -0.39 is 6.43 Å². The molecule has 154 valence electrons. The van der Waals surface area contributed by atoms with Crippen molar-refractivity contribution in [2.45, 2.75) is 20.0 Å². The Balaban J connectivity index is 1.50. The molecule has 0 amide bonds. The number of hydrogen-bond donors (Lipinski definition) is 0. The van der Waals surface area contributed by atoms with Gasteiger partial charge in [0, 0.05) is 17.8 Å². The Morgan fingerprint density at radius 1 is 1.06 bits per heavy atom. The summed E-state index contributed by atoms with van der Waals surface area (Å²) in [5.41, 5.74) is 2.70. The molecule has 0 aliphatic rings. The lowest BCUT2D eigenvalue weighted by atomic mass is 10.2. The number of ether oxygens (including phenoxy) is 1. The standard InChI is InChI=1S/C21H15F2N7O/c1-3-15-5-4-6-16(25-15)17-8-10-20(28-27-17)31-12-18-13(2)26-29-30(18)19-9-7-14(11-24-19)21(22)23/h1,4-11,21H,12H2,2H3. The summed E-state index contributed by atoms with van der Waals surface area (Å²) in [5, 5.41) is 16.2. The molecule has 0 spiro atoms. The number of pyridine rings is 2. The highest BCUT2D eigenvalue weighted by Crippen LogP contribution is 2.20. The van der Waals surface area contributed by atoms with Crippen LogP contribution >= 0.6 is 0 Å². The van der Waals surface area contributed by atoms with Crippen LogP contribution in [0.2, 0.25) is 0 Å². The van der Waals surface area contributed by atoms with Gasteiger partial charge in [-0.25, -0.2) is 18.7 Å². The normalized spacial score (nSPS) is 10.8. The molecule has 0 atom stereocenters. The molecule has 0 aromatic carbocycles. The number of terminal acetylenes is 1. The highest BCUT2D eigenvalue weighted by Gasteiger charge is 2.15. The van der Waals surface area contributed by atoms with Crippen molar-refractivity contribution in [3.63, 3.8) is 0 Å². The van der Waals surface area contributed by atoms with Crippen molar-refractivity contribution < 1.29 is 13.5 Å². The molecule has 0 saturated carbocycles. The summed E-state index contributed by atoms with van der Waals surface area (Å²) in [6, 6.07) is 11.4. The molecular weight excluding hydrogens is 404 g/mol. The molecule has 4 aromatic rings. The molecule has 0 fully saturated rings. The largest absolute Gasteiger partial charge is 0.470 e. The van der Waals surface area contributed by atoms with Crippen molar-refractivity contribution in [1.82, 2.24) is 35.2 Å². The molecule has 8 nitrogen and oxygen atoms in total. The topological polar surface area (TPSA) is 91.5 Å². The first-order valence-corrected chi connectivity index (χ1v) is 9.11. The second kappa shape index (κ2) is 8.62. The SMILES string of the molecule is C#Cc1cccc(-c2ccc(OCc3c(C)nnn3-c3ccc(C(F)F)cn3)nn2)n1. The Kier molecular flexibility index (Phi) is 5.57. The molecule has 4 aromatic heterocycles. The van der Waals surface area contributed by atoms with Gasteiger partial charge in [0.05, 0.1) is 11.4 Å². The monoisotopic (exact) mass is 419 g/mol. The number of halogens is 2. The summed E-state index contributed by atoms with van der Waals surface area (Å²) in [6.45, 7) is 1.84. The lowest BCUT2D eigenvalue weighted by Crippen LogP contribution is -2.09. The van der Waals surface area contributed by atoms with Crippen LogP contribution in [-0.4, -0.2) is 35.2 Å². The first-order chi connectivity index (χ1) is 15.0. The van der Waals surface area contributed by atoms with E-state index in [2.05, 4.69) is 36.4 Å². The van der Waals surface area contributed by atoms with Gasteiger partial charge < -0.3 is 4.74 Å². The number of rotatable bonds is 6. The van der Waals surface area contributed by atoms with Gasteiger partial charge >= 0.3 is 0 Å². The fourth-order valence-corrected chi connectivity index (χ4v) is 2.71. The quantitative estimate of drug-likeness (QED) is 0.443. The summed E-state index contributed by atoms with van der Waals surface area (Å²) >= 11 is 0. The molecular formula is C21H15F2N7O. The number of aryl methyl sites for hydroxylation is 1. The predicted octanol–water partition coefficient (Wildman–Crippen LogP) is 3.32. The zero-order valence-corrected chi connectivity index (χ0v) is 16.3. The first kappa shape index (κ1) is 20.0. The maximum absolute atomic E-state index is 12.7.